The van der Waals surface area contributed by atoms with E-state index in [2.05, 4.69) is 17.5 Å². The molecule has 0 radical (unpaired) electrons. The van der Waals surface area contributed by atoms with Crippen LogP contribution in [0.15, 0.2) is 12.1 Å². The van der Waals surface area contributed by atoms with Crippen molar-refractivity contribution in [3.05, 3.63) is 33.6 Å². The number of hydrogen-bond acceptors (Lipinski definition) is 2. The Kier molecular flexibility index (Phi) is 3.84. The number of benzene rings is 1. The lowest BCUT2D eigenvalue weighted by Crippen LogP contribution is -2.34. The zero-order chi connectivity index (χ0) is 11.6. The van der Waals surface area contributed by atoms with E-state index in [0.717, 1.165) is 12.1 Å². The van der Waals surface area contributed by atoms with Gasteiger partial charge in [0, 0.05) is 0 Å². The first-order chi connectivity index (χ1) is 6.91. The maximum absolute atomic E-state index is 12.9. The number of hydrogen-bond donors (Lipinski definition) is 2. The van der Waals surface area contributed by atoms with Crippen LogP contribution in [-0.4, -0.2) is 11.0 Å². The van der Waals surface area contributed by atoms with Crippen LogP contribution in [0.25, 0.3) is 0 Å². The molecule has 1 amide bonds. The average Bonchev–Trinajstić information content (AvgIpc) is 2.09. The summed E-state index contributed by atoms with van der Waals surface area (Å²) in [6.07, 6.45) is 0. The lowest BCUT2D eigenvalue weighted by atomic mass is 10.2. The van der Waals surface area contributed by atoms with Crippen molar-refractivity contribution in [3.63, 3.8) is 0 Å². The van der Waals surface area contributed by atoms with E-state index in [1.165, 1.54) is 0 Å². The Balaban J connectivity index is 3.09. The SMILES string of the molecule is NC(=S)NC(=O)c1cc(Cl)c(F)cc1Cl. The lowest BCUT2D eigenvalue weighted by molar-refractivity contribution is 0.0977. The number of carbonyl (C=O) groups excluding carboxylic acids is 1. The summed E-state index contributed by atoms with van der Waals surface area (Å²) in [6.45, 7) is 0. The molecule has 15 heavy (non-hydrogen) atoms. The van der Waals surface area contributed by atoms with Crippen molar-refractivity contribution in [2.45, 2.75) is 0 Å². The van der Waals surface area contributed by atoms with Crippen molar-refractivity contribution in [3.8, 4) is 0 Å². The smallest absolute Gasteiger partial charge is 0.258 e. The molecule has 0 aliphatic heterocycles. The first kappa shape index (κ1) is 12.2. The Morgan fingerprint density at radius 3 is 2.53 bits per heavy atom. The Morgan fingerprint density at radius 1 is 1.40 bits per heavy atom. The van der Waals surface area contributed by atoms with Crippen molar-refractivity contribution in [2.24, 2.45) is 5.73 Å². The minimum atomic E-state index is -0.700. The summed E-state index contributed by atoms with van der Waals surface area (Å²) in [4.78, 5) is 11.4. The fraction of sp³-hybridized carbons (Fsp3) is 0. The minimum absolute atomic E-state index is 0.0101. The first-order valence-electron chi connectivity index (χ1n) is 3.67. The molecule has 0 saturated carbocycles. The third-order valence-corrected chi connectivity index (χ3v) is 2.20. The van der Waals surface area contributed by atoms with E-state index < -0.39 is 11.7 Å². The molecule has 0 unspecified atom stereocenters. The summed E-state index contributed by atoms with van der Waals surface area (Å²) in [7, 11) is 0. The standard InChI is InChI=1S/C8H5Cl2FN2OS/c9-4-2-6(11)5(10)1-3(4)7(14)13-8(12)15/h1-2H,(H3,12,13,14,15). The predicted molar refractivity (Wildman–Crippen MR) is 60.7 cm³/mol. The summed E-state index contributed by atoms with van der Waals surface area (Å²) in [5.41, 5.74) is 5.11. The van der Waals surface area contributed by atoms with Gasteiger partial charge in [0.15, 0.2) is 5.11 Å². The highest BCUT2D eigenvalue weighted by Crippen LogP contribution is 2.23. The minimum Gasteiger partial charge on any atom is -0.376 e. The van der Waals surface area contributed by atoms with E-state index >= 15 is 0 Å². The molecule has 1 aromatic rings. The second kappa shape index (κ2) is 4.74. The topological polar surface area (TPSA) is 55.1 Å². The molecular weight excluding hydrogens is 262 g/mol. The highest BCUT2D eigenvalue weighted by Gasteiger charge is 2.14. The highest BCUT2D eigenvalue weighted by atomic mass is 35.5. The molecule has 80 valence electrons. The molecule has 0 atom stereocenters. The van der Waals surface area contributed by atoms with Crippen molar-refractivity contribution in [1.82, 2.24) is 5.32 Å². The normalized spacial score (nSPS) is 9.80. The fourth-order valence-corrected chi connectivity index (χ4v) is 1.37. The number of amides is 1. The third kappa shape index (κ3) is 3.02. The summed E-state index contributed by atoms with van der Waals surface area (Å²) in [5.74, 6) is -1.33. The van der Waals surface area contributed by atoms with Gasteiger partial charge in [-0.3, -0.25) is 10.1 Å². The van der Waals surface area contributed by atoms with Crippen LogP contribution in [0.5, 0.6) is 0 Å². The van der Waals surface area contributed by atoms with Gasteiger partial charge in [0.2, 0.25) is 0 Å². The summed E-state index contributed by atoms with van der Waals surface area (Å²) in [5, 5.41) is 1.69. The molecular formula is C8H5Cl2FN2OS. The molecule has 1 aromatic carbocycles. The van der Waals surface area contributed by atoms with E-state index in [0.29, 0.717) is 0 Å². The van der Waals surface area contributed by atoms with E-state index in [4.69, 9.17) is 28.9 Å². The van der Waals surface area contributed by atoms with Gasteiger partial charge >= 0.3 is 0 Å². The molecule has 0 bridgehead atoms. The van der Waals surface area contributed by atoms with E-state index in [9.17, 15) is 9.18 Å². The Bertz CT molecular complexity index is 439. The second-order valence-electron chi connectivity index (χ2n) is 2.56. The average molecular weight is 267 g/mol. The van der Waals surface area contributed by atoms with Crippen LogP contribution in [0.4, 0.5) is 4.39 Å². The zero-order valence-electron chi connectivity index (χ0n) is 7.18. The number of nitrogens with one attached hydrogen (secondary N) is 1. The molecule has 0 aliphatic carbocycles. The van der Waals surface area contributed by atoms with E-state index in [1.54, 1.807) is 0 Å². The van der Waals surface area contributed by atoms with E-state index in [-0.39, 0.29) is 20.7 Å². The van der Waals surface area contributed by atoms with Crippen LogP contribution in [0.2, 0.25) is 10.0 Å². The van der Waals surface area contributed by atoms with Gasteiger partial charge in [-0.2, -0.15) is 0 Å². The second-order valence-corrected chi connectivity index (χ2v) is 3.82. The largest absolute Gasteiger partial charge is 0.376 e. The van der Waals surface area contributed by atoms with Gasteiger partial charge in [0.25, 0.3) is 5.91 Å². The van der Waals surface area contributed by atoms with Gasteiger partial charge in [-0.25, -0.2) is 4.39 Å². The van der Waals surface area contributed by atoms with Gasteiger partial charge in [-0.05, 0) is 24.4 Å². The maximum atomic E-state index is 12.9. The van der Waals surface area contributed by atoms with Gasteiger partial charge in [-0.15, -0.1) is 0 Å². The van der Waals surface area contributed by atoms with Crippen LogP contribution in [0.3, 0.4) is 0 Å². The van der Waals surface area contributed by atoms with Crippen molar-refractivity contribution in [2.75, 3.05) is 0 Å². The number of rotatable bonds is 1. The van der Waals surface area contributed by atoms with Crippen LogP contribution in [-0.2, 0) is 0 Å². The number of halogens is 3. The molecule has 3 N–H and O–H groups in total. The zero-order valence-corrected chi connectivity index (χ0v) is 9.51. The maximum Gasteiger partial charge on any atom is 0.258 e. The molecule has 3 nitrogen and oxygen atoms in total. The van der Waals surface area contributed by atoms with Crippen molar-refractivity contribution < 1.29 is 9.18 Å². The Hall–Kier alpha value is -0.910. The summed E-state index contributed by atoms with van der Waals surface area (Å²) in [6, 6.07) is 2.05. The van der Waals surface area contributed by atoms with Crippen LogP contribution in [0, 0.1) is 5.82 Å². The van der Waals surface area contributed by atoms with Crippen molar-refractivity contribution in [1.29, 1.82) is 0 Å². The van der Waals surface area contributed by atoms with Gasteiger partial charge in [0.05, 0.1) is 15.6 Å². The Morgan fingerprint density at radius 2 is 2.00 bits per heavy atom. The van der Waals surface area contributed by atoms with Crippen molar-refractivity contribution >= 4 is 46.4 Å². The first-order valence-corrected chi connectivity index (χ1v) is 4.83. The lowest BCUT2D eigenvalue weighted by Gasteiger charge is -2.05. The molecule has 0 heterocycles. The highest BCUT2D eigenvalue weighted by molar-refractivity contribution is 7.80. The predicted octanol–water partition coefficient (Wildman–Crippen LogP) is 2.11. The molecule has 0 spiro atoms. The molecule has 0 saturated heterocycles. The van der Waals surface area contributed by atoms with Gasteiger partial charge in [-0.1, -0.05) is 23.2 Å². The molecule has 1 rings (SSSR count). The van der Waals surface area contributed by atoms with Crippen LogP contribution >= 0.6 is 35.4 Å². The molecule has 0 aliphatic rings. The molecule has 0 aromatic heterocycles. The number of carbonyl (C=O) groups is 1. The summed E-state index contributed by atoms with van der Waals surface area (Å²) >= 11 is 15.6. The van der Waals surface area contributed by atoms with E-state index in [1.807, 2.05) is 0 Å². The third-order valence-electron chi connectivity index (χ3n) is 1.49. The monoisotopic (exact) mass is 266 g/mol. The number of nitrogens with two attached hydrogens (primary N) is 1. The van der Waals surface area contributed by atoms with Gasteiger partial charge in [0.1, 0.15) is 5.82 Å². The fourth-order valence-electron chi connectivity index (χ4n) is 0.876. The van der Waals surface area contributed by atoms with Crippen LogP contribution in [0.1, 0.15) is 10.4 Å². The van der Waals surface area contributed by atoms with Crippen LogP contribution < -0.4 is 11.1 Å². The van der Waals surface area contributed by atoms with Gasteiger partial charge < -0.3 is 5.73 Å². The summed E-state index contributed by atoms with van der Waals surface area (Å²) < 4.78 is 12.9. The Labute approximate surface area is 100 Å². The quantitative estimate of drug-likeness (QED) is 0.605. The number of thiocarbonyl (C=S) groups is 1. The molecule has 0 fully saturated rings. The molecule has 7 heteroatoms.